The second-order valence-electron chi connectivity index (χ2n) is 3.27. The third-order valence-corrected chi connectivity index (χ3v) is 5.56. The smallest absolute Gasteiger partial charge is 0.191 e. The molecule has 0 spiro atoms. The zero-order valence-electron chi connectivity index (χ0n) is 10.0. The largest absolute Gasteiger partial charge is 0.497 e. The van der Waals surface area contributed by atoms with Crippen molar-refractivity contribution in [3.8, 4) is 5.75 Å². The summed E-state index contributed by atoms with van der Waals surface area (Å²) in [5.41, 5.74) is 0. The van der Waals surface area contributed by atoms with Gasteiger partial charge in [-0.05, 0) is 55.0 Å². The maximum Gasteiger partial charge on any atom is 0.191 e. The van der Waals surface area contributed by atoms with Gasteiger partial charge in [0.15, 0.2) is 5.22 Å². The topological polar surface area (TPSA) is 18.5 Å². The molecule has 0 aliphatic rings. The van der Waals surface area contributed by atoms with Gasteiger partial charge in [0.2, 0.25) is 0 Å². The summed E-state index contributed by atoms with van der Waals surface area (Å²) in [6, 6.07) is 7.65. The molecule has 0 aliphatic heterocycles. The van der Waals surface area contributed by atoms with Gasteiger partial charge >= 0.3 is 0 Å². The third kappa shape index (κ3) is 4.06. The highest BCUT2D eigenvalue weighted by Crippen LogP contribution is 2.50. The Bertz CT molecular complexity index is 390. The Morgan fingerprint density at radius 2 is 1.88 bits per heavy atom. The quantitative estimate of drug-likeness (QED) is 0.591. The van der Waals surface area contributed by atoms with Crippen LogP contribution in [0.3, 0.4) is 0 Å². The number of hydrogen-bond donors (Lipinski definition) is 0. The highest BCUT2D eigenvalue weighted by Gasteiger charge is 2.14. The molecule has 0 heterocycles. The average molecular weight is 293 g/mol. The molecule has 0 N–H and O–H groups in total. The Morgan fingerprint density at radius 3 is 2.35 bits per heavy atom. The van der Waals surface area contributed by atoms with Gasteiger partial charge in [-0.1, -0.05) is 11.2 Å². The fourth-order valence-corrected chi connectivity index (χ4v) is 3.29. The molecule has 5 heteroatoms. The normalized spacial score (nSPS) is 13.9. The number of ether oxygens (including phenoxy) is 2. The van der Waals surface area contributed by atoms with Crippen LogP contribution in [0.1, 0.15) is 13.8 Å². The lowest BCUT2D eigenvalue weighted by Gasteiger charge is -2.13. The predicted molar refractivity (Wildman–Crippen MR) is 75.6 cm³/mol. The van der Waals surface area contributed by atoms with Gasteiger partial charge in [-0.15, -0.1) is 0 Å². The number of hydrogen-bond acceptors (Lipinski definition) is 2. The van der Waals surface area contributed by atoms with Crippen molar-refractivity contribution < 1.29 is 9.47 Å². The SMILES string of the molecule is CCO/C(Cl)=C(/C)P(Cl)c1ccc(OC)cc1. The fraction of sp³-hybridized carbons (Fsp3) is 0.333. The molecule has 17 heavy (non-hydrogen) atoms. The van der Waals surface area contributed by atoms with Gasteiger partial charge in [0.25, 0.3) is 0 Å². The minimum absolute atomic E-state index is 0.393. The number of halogens is 2. The number of allylic oxidation sites excluding steroid dienone is 1. The lowest BCUT2D eigenvalue weighted by molar-refractivity contribution is 0.253. The van der Waals surface area contributed by atoms with Crippen LogP contribution in [-0.2, 0) is 4.74 Å². The van der Waals surface area contributed by atoms with Crippen LogP contribution in [0.5, 0.6) is 5.75 Å². The number of methoxy groups -OCH3 is 1. The maximum atomic E-state index is 6.38. The lowest BCUT2D eigenvalue weighted by Crippen LogP contribution is -1.99. The van der Waals surface area contributed by atoms with Crippen LogP contribution in [0.4, 0.5) is 0 Å². The first-order chi connectivity index (χ1) is 8.10. The third-order valence-electron chi connectivity index (χ3n) is 2.15. The summed E-state index contributed by atoms with van der Waals surface area (Å²) in [7, 11) is 0.669. The maximum absolute atomic E-state index is 6.38. The highest BCUT2D eigenvalue weighted by molar-refractivity contribution is 7.93. The summed E-state index contributed by atoms with van der Waals surface area (Å²) >= 11 is 12.4. The standard InChI is InChI=1S/C12H15Cl2O2P/c1-4-16-12(13)9(2)17(14)11-7-5-10(15-3)6-8-11/h5-8H,4H2,1-3H3/b12-9-. The van der Waals surface area contributed by atoms with Crippen molar-refractivity contribution in [2.75, 3.05) is 13.7 Å². The van der Waals surface area contributed by atoms with E-state index >= 15 is 0 Å². The van der Waals surface area contributed by atoms with Crippen molar-refractivity contribution in [2.24, 2.45) is 0 Å². The summed E-state index contributed by atoms with van der Waals surface area (Å²) in [6.07, 6.45) is 0. The Hall–Kier alpha value is -0.430. The van der Waals surface area contributed by atoms with E-state index in [0.717, 1.165) is 16.4 Å². The Balaban J connectivity index is 2.87. The van der Waals surface area contributed by atoms with Crippen molar-refractivity contribution >= 4 is 35.4 Å². The molecule has 1 aromatic carbocycles. The van der Waals surface area contributed by atoms with Gasteiger partial charge < -0.3 is 9.47 Å². The molecular weight excluding hydrogens is 278 g/mol. The molecule has 0 aromatic heterocycles. The molecule has 0 aliphatic carbocycles. The molecule has 1 rings (SSSR count). The Morgan fingerprint density at radius 1 is 1.29 bits per heavy atom. The Labute approximate surface area is 113 Å². The molecule has 0 saturated carbocycles. The van der Waals surface area contributed by atoms with Gasteiger partial charge in [-0.25, -0.2) is 0 Å². The van der Waals surface area contributed by atoms with Crippen molar-refractivity contribution in [3.05, 3.63) is 34.8 Å². The summed E-state index contributed by atoms with van der Waals surface area (Å²) in [4.78, 5) is 0. The van der Waals surface area contributed by atoms with E-state index in [2.05, 4.69) is 0 Å². The van der Waals surface area contributed by atoms with Gasteiger partial charge in [0.05, 0.1) is 21.0 Å². The Kier molecular flexibility index (Phi) is 6.11. The van der Waals surface area contributed by atoms with Crippen LogP contribution >= 0.6 is 30.1 Å². The van der Waals surface area contributed by atoms with E-state index in [1.165, 1.54) is 0 Å². The van der Waals surface area contributed by atoms with Crippen LogP contribution in [0.15, 0.2) is 34.8 Å². The molecule has 1 atom stereocenters. The molecule has 0 fully saturated rings. The van der Waals surface area contributed by atoms with Crippen LogP contribution in [0, 0.1) is 0 Å². The molecule has 0 bridgehead atoms. The van der Waals surface area contributed by atoms with Gasteiger partial charge in [-0.3, -0.25) is 0 Å². The monoisotopic (exact) mass is 292 g/mol. The lowest BCUT2D eigenvalue weighted by atomic mass is 10.3. The fourth-order valence-electron chi connectivity index (χ4n) is 1.22. The number of benzene rings is 1. The van der Waals surface area contributed by atoms with E-state index in [9.17, 15) is 0 Å². The number of rotatable bonds is 5. The van der Waals surface area contributed by atoms with Crippen molar-refractivity contribution in [1.29, 1.82) is 0 Å². The summed E-state index contributed by atoms with van der Waals surface area (Å²) in [5.74, 6) is 0.811. The highest BCUT2D eigenvalue weighted by atomic mass is 35.7. The second-order valence-corrected chi connectivity index (χ2v) is 6.38. The summed E-state index contributed by atoms with van der Waals surface area (Å²) < 4.78 is 10.3. The molecule has 1 unspecified atom stereocenters. The predicted octanol–water partition coefficient (Wildman–Crippen LogP) is 4.42. The van der Waals surface area contributed by atoms with Crippen molar-refractivity contribution in [3.63, 3.8) is 0 Å². The van der Waals surface area contributed by atoms with Crippen LogP contribution in [-0.4, -0.2) is 13.7 Å². The van der Waals surface area contributed by atoms with E-state index < -0.39 is 7.27 Å². The molecule has 2 nitrogen and oxygen atoms in total. The molecule has 0 amide bonds. The van der Waals surface area contributed by atoms with E-state index in [4.69, 9.17) is 32.3 Å². The average Bonchev–Trinajstić information content (AvgIpc) is 2.37. The van der Waals surface area contributed by atoms with Crippen LogP contribution < -0.4 is 10.0 Å². The first kappa shape index (κ1) is 14.6. The van der Waals surface area contributed by atoms with E-state index in [0.29, 0.717) is 11.8 Å². The minimum Gasteiger partial charge on any atom is -0.497 e. The molecule has 0 saturated heterocycles. The minimum atomic E-state index is -0.966. The second kappa shape index (κ2) is 7.10. The van der Waals surface area contributed by atoms with Crippen molar-refractivity contribution in [2.45, 2.75) is 13.8 Å². The van der Waals surface area contributed by atoms with Gasteiger partial charge in [0.1, 0.15) is 5.75 Å². The molecule has 94 valence electrons. The van der Waals surface area contributed by atoms with Crippen LogP contribution in [0.2, 0.25) is 0 Å². The zero-order valence-corrected chi connectivity index (χ0v) is 12.4. The van der Waals surface area contributed by atoms with E-state index in [1.807, 2.05) is 38.1 Å². The van der Waals surface area contributed by atoms with E-state index in [-0.39, 0.29) is 0 Å². The van der Waals surface area contributed by atoms with Crippen LogP contribution in [0.25, 0.3) is 0 Å². The molecule has 0 radical (unpaired) electrons. The zero-order chi connectivity index (χ0) is 12.8. The summed E-state index contributed by atoms with van der Waals surface area (Å²) in [6.45, 7) is 4.32. The molecular formula is C12H15Cl2O2P. The first-order valence-corrected chi connectivity index (χ1v) is 7.81. The summed E-state index contributed by atoms with van der Waals surface area (Å²) in [5, 5.41) is 2.29. The van der Waals surface area contributed by atoms with Crippen molar-refractivity contribution in [1.82, 2.24) is 0 Å². The first-order valence-electron chi connectivity index (χ1n) is 5.19. The van der Waals surface area contributed by atoms with E-state index in [1.54, 1.807) is 7.11 Å². The van der Waals surface area contributed by atoms with Gasteiger partial charge in [-0.2, -0.15) is 0 Å². The molecule has 1 aromatic rings. The van der Waals surface area contributed by atoms with Gasteiger partial charge in [0, 0.05) is 5.31 Å².